The van der Waals surface area contributed by atoms with Crippen molar-refractivity contribution in [3.05, 3.63) is 83.7 Å². The standard InChI is InChI=1S/C27H22N2O3/c1-29(2)17-12-13-21-23(15-17)32-26-18-9-5-4-8-16(18)14-22(28)25(26)24(21)19-10-6-7-11-20(19)27(30)31-3/h4-15,28H,1-3H3/p+1. The zero-order valence-electron chi connectivity index (χ0n) is 18.2. The maximum absolute atomic E-state index is 12.6. The van der Waals surface area contributed by atoms with Crippen LogP contribution in [0.5, 0.6) is 0 Å². The van der Waals surface area contributed by atoms with E-state index in [1.54, 1.807) is 6.07 Å². The molecule has 1 aliphatic heterocycles. The molecule has 0 atom stereocenters. The quantitative estimate of drug-likeness (QED) is 0.146. The zero-order chi connectivity index (χ0) is 22.4. The van der Waals surface area contributed by atoms with Crippen molar-refractivity contribution in [2.45, 2.75) is 0 Å². The molecule has 5 heteroatoms. The summed E-state index contributed by atoms with van der Waals surface area (Å²) >= 11 is 0. The lowest BCUT2D eigenvalue weighted by Gasteiger charge is -2.19. The molecule has 0 aromatic heterocycles. The molecule has 5 nitrogen and oxygen atoms in total. The van der Waals surface area contributed by atoms with Crippen LogP contribution in [-0.2, 0) is 4.74 Å². The van der Waals surface area contributed by atoms with Gasteiger partial charge in [-0.15, -0.1) is 0 Å². The van der Waals surface area contributed by atoms with Gasteiger partial charge >= 0.3 is 5.97 Å². The lowest BCUT2D eigenvalue weighted by atomic mass is 9.89. The minimum Gasteiger partial charge on any atom is -0.465 e. The van der Waals surface area contributed by atoms with Crippen LogP contribution in [0.15, 0.2) is 77.2 Å². The number of nitrogens with two attached hydrogens (primary N) is 1. The maximum Gasteiger partial charge on any atom is 0.338 e. The van der Waals surface area contributed by atoms with Gasteiger partial charge in [0.1, 0.15) is 25.4 Å². The third-order valence-corrected chi connectivity index (χ3v) is 5.85. The second-order valence-corrected chi connectivity index (χ2v) is 7.98. The van der Waals surface area contributed by atoms with Gasteiger partial charge in [0.25, 0.3) is 0 Å². The van der Waals surface area contributed by atoms with Gasteiger partial charge in [0, 0.05) is 33.7 Å². The first-order valence-corrected chi connectivity index (χ1v) is 10.4. The number of nitrogen functional groups attached to an aromatic ring is 1. The van der Waals surface area contributed by atoms with Gasteiger partial charge in [0.05, 0.1) is 18.7 Å². The van der Waals surface area contributed by atoms with Crippen LogP contribution in [0.3, 0.4) is 0 Å². The van der Waals surface area contributed by atoms with Gasteiger partial charge in [-0.25, -0.2) is 9.37 Å². The first-order chi connectivity index (χ1) is 15.5. The first kappa shape index (κ1) is 19.8. The Hall–Kier alpha value is -4.12. The number of benzene rings is 4. The number of rotatable bonds is 2. The van der Waals surface area contributed by atoms with E-state index in [1.165, 1.54) is 7.11 Å². The fourth-order valence-corrected chi connectivity index (χ4v) is 4.29. The summed E-state index contributed by atoms with van der Waals surface area (Å²) < 4.78 is 13.6. The van der Waals surface area contributed by atoms with Gasteiger partial charge in [-0.05, 0) is 29.1 Å². The van der Waals surface area contributed by atoms with Crippen molar-refractivity contribution >= 4 is 33.4 Å². The SMILES string of the molecule is COC(=O)c1ccccc1-c1c2ccc(=[N+](C)C)cc-2oc2c1c(N)cc1ccccc12. The maximum atomic E-state index is 12.6. The molecule has 0 saturated heterocycles. The summed E-state index contributed by atoms with van der Waals surface area (Å²) in [5.41, 5.74) is 10.9. The number of hydrogen-bond acceptors (Lipinski definition) is 4. The predicted octanol–water partition coefficient (Wildman–Crippen LogP) is 4.76. The molecular weight excluding hydrogens is 400 g/mol. The fourth-order valence-electron chi connectivity index (χ4n) is 4.29. The molecule has 0 saturated carbocycles. The Bertz CT molecular complexity index is 1560. The van der Waals surface area contributed by atoms with Gasteiger partial charge < -0.3 is 14.9 Å². The second-order valence-electron chi connectivity index (χ2n) is 7.98. The van der Waals surface area contributed by atoms with Crippen LogP contribution in [0.25, 0.3) is 44.2 Å². The highest BCUT2D eigenvalue weighted by molar-refractivity contribution is 6.18. The molecule has 2 N–H and O–H groups in total. The summed E-state index contributed by atoms with van der Waals surface area (Å²) in [6.07, 6.45) is 0. The summed E-state index contributed by atoms with van der Waals surface area (Å²) in [6, 6.07) is 23.5. The lowest BCUT2D eigenvalue weighted by Crippen LogP contribution is -2.21. The van der Waals surface area contributed by atoms with Crippen molar-refractivity contribution in [2.24, 2.45) is 0 Å². The molecule has 0 amide bonds. The Morgan fingerprint density at radius 3 is 2.47 bits per heavy atom. The summed E-state index contributed by atoms with van der Waals surface area (Å²) in [4.78, 5) is 12.6. The highest BCUT2D eigenvalue weighted by atomic mass is 16.5. The van der Waals surface area contributed by atoms with Crippen LogP contribution in [0, 0.1) is 0 Å². The van der Waals surface area contributed by atoms with Crippen molar-refractivity contribution in [3.63, 3.8) is 0 Å². The molecule has 1 aliphatic carbocycles. The summed E-state index contributed by atoms with van der Waals surface area (Å²) in [7, 11) is 5.37. The molecule has 2 aliphatic rings. The average Bonchev–Trinajstić information content (AvgIpc) is 2.82. The third-order valence-electron chi connectivity index (χ3n) is 5.85. The minimum absolute atomic E-state index is 0.396. The molecule has 3 aromatic rings. The molecule has 0 bridgehead atoms. The Balaban J connectivity index is 2.06. The van der Waals surface area contributed by atoms with Gasteiger partial charge in [-0.2, -0.15) is 0 Å². The van der Waals surface area contributed by atoms with Gasteiger partial charge in [-0.3, -0.25) is 0 Å². The number of hydrogen-bond donors (Lipinski definition) is 1. The largest absolute Gasteiger partial charge is 0.465 e. The smallest absolute Gasteiger partial charge is 0.338 e. The molecule has 32 heavy (non-hydrogen) atoms. The molecule has 3 aromatic carbocycles. The van der Waals surface area contributed by atoms with Crippen LogP contribution in [0.1, 0.15) is 10.4 Å². The number of methoxy groups -OCH3 is 1. The molecule has 0 radical (unpaired) electrons. The number of ether oxygens (including phenoxy) is 1. The van der Waals surface area contributed by atoms with Gasteiger partial charge in [0.15, 0.2) is 0 Å². The normalized spacial score (nSPS) is 11.2. The van der Waals surface area contributed by atoms with E-state index in [0.29, 0.717) is 22.6 Å². The number of fused-ring (bicyclic) bond motifs is 4. The Labute approximate surface area is 185 Å². The second kappa shape index (κ2) is 7.54. The topological polar surface area (TPSA) is 68.5 Å². The van der Waals surface area contributed by atoms with Crippen LogP contribution in [-0.4, -0.2) is 27.2 Å². The van der Waals surface area contributed by atoms with Gasteiger partial charge in [-0.1, -0.05) is 42.5 Å². The summed E-state index contributed by atoms with van der Waals surface area (Å²) in [5, 5.41) is 3.76. The predicted molar refractivity (Wildman–Crippen MR) is 129 cm³/mol. The van der Waals surface area contributed by atoms with E-state index in [-0.39, 0.29) is 0 Å². The van der Waals surface area contributed by atoms with Crippen molar-refractivity contribution in [3.8, 4) is 22.5 Å². The van der Waals surface area contributed by atoms with Crippen molar-refractivity contribution < 1.29 is 13.9 Å². The van der Waals surface area contributed by atoms with Gasteiger partial charge in [0.2, 0.25) is 5.36 Å². The van der Waals surface area contributed by atoms with Crippen molar-refractivity contribution in [2.75, 3.05) is 26.9 Å². The third kappa shape index (κ3) is 3.02. The zero-order valence-corrected chi connectivity index (χ0v) is 18.2. The van der Waals surface area contributed by atoms with Crippen LogP contribution in [0.2, 0.25) is 0 Å². The number of anilines is 1. The van der Waals surface area contributed by atoms with E-state index >= 15 is 0 Å². The highest BCUT2D eigenvalue weighted by Crippen LogP contribution is 2.45. The van der Waals surface area contributed by atoms with Crippen LogP contribution in [0.4, 0.5) is 5.69 Å². The Morgan fingerprint density at radius 1 is 0.938 bits per heavy atom. The number of carbonyl (C=O) groups is 1. The average molecular weight is 423 g/mol. The van der Waals surface area contributed by atoms with Crippen LogP contribution < -0.4 is 15.7 Å². The molecule has 158 valence electrons. The van der Waals surface area contributed by atoms with E-state index in [0.717, 1.165) is 38.2 Å². The van der Waals surface area contributed by atoms with E-state index in [9.17, 15) is 4.79 Å². The van der Waals surface area contributed by atoms with E-state index in [4.69, 9.17) is 14.9 Å². The Kier molecular flexibility index (Phi) is 4.67. The monoisotopic (exact) mass is 423 g/mol. The Morgan fingerprint density at radius 2 is 1.69 bits per heavy atom. The minimum atomic E-state index is -0.396. The van der Waals surface area contributed by atoms with E-state index < -0.39 is 5.97 Å². The van der Waals surface area contributed by atoms with Crippen molar-refractivity contribution in [1.82, 2.24) is 4.58 Å². The number of nitrogens with zero attached hydrogens (tertiary/aromatic N) is 1. The molecular formula is C27H23N2O3+. The number of carbonyl (C=O) groups excluding carboxylic acids is 1. The van der Waals surface area contributed by atoms with E-state index in [2.05, 4.69) is 0 Å². The summed E-state index contributed by atoms with van der Waals surface area (Å²) in [5.74, 6) is 0.320. The van der Waals surface area contributed by atoms with Crippen molar-refractivity contribution in [1.29, 1.82) is 0 Å². The molecule has 0 unspecified atom stereocenters. The van der Waals surface area contributed by atoms with Crippen LogP contribution >= 0.6 is 0 Å². The lowest BCUT2D eigenvalue weighted by molar-refractivity contribution is 0.0601. The van der Waals surface area contributed by atoms with E-state index in [1.807, 2.05) is 85.4 Å². The number of esters is 1. The molecule has 1 heterocycles. The fraction of sp³-hybridized carbons (Fsp3) is 0.111. The molecule has 0 spiro atoms. The molecule has 5 rings (SSSR count). The highest BCUT2D eigenvalue weighted by Gasteiger charge is 2.24. The summed E-state index contributed by atoms with van der Waals surface area (Å²) in [6.45, 7) is 0. The first-order valence-electron chi connectivity index (χ1n) is 10.4. The molecule has 0 fully saturated rings.